The van der Waals surface area contributed by atoms with Gasteiger partial charge in [0.15, 0.2) is 15.5 Å². The van der Waals surface area contributed by atoms with Crippen molar-refractivity contribution in [3.05, 3.63) is 89.2 Å². The zero-order valence-corrected chi connectivity index (χ0v) is 22.4. The second-order valence-electron chi connectivity index (χ2n) is 8.47. The third-order valence-corrected chi connectivity index (χ3v) is 6.66. The molecule has 3 aromatic rings. The minimum absolute atomic E-state index is 0.0504. The summed E-state index contributed by atoms with van der Waals surface area (Å²) in [5, 5.41) is 0. The molecule has 0 unspecified atom stereocenters. The van der Waals surface area contributed by atoms with Gasteiger partial charge in [0.2, 0.25) is 5.91 Å². The summed E-state index contributed by atoms with van der Waals surface area (Å²) < 4.78 is 33.9. The van der Waals surface area contributed by atoms with E-state index in [0.29, 0.717) is 12.0 Å². The van der Waals surface area contributed by atoms with Crippen LogP contribution in [0.3, 0.4) is 0 Å². The number of hydrogen-bond acceptors (Lipinski definition) is 8. The third-order valence-electron chi connectivity index (χ3n) is 5.53. The first kappa shape index (κ1) is 28.5. The Hall–Kier alpha value is -4.05. The second kappa shape index (κ2) is 13.0. The number of nitrogens with zero attached hydrogens (tertiary/aromatic N) is 2. The van der Waals surface area contributed by atoms with Crippen molar-refractivity contribution in [1.29, 1.82) is 0 Å². The molecule has 0 fully saturated rings. The highest BCUT2D eigenvalue weighted by atomic mass is 32.2. The van der Waals surface area contributed by atoms with Gasteiger partial charge in [0.25, 0.3) is 0 Å². The smallest absolute Gasteiger partial charge is 0.359 e. The van der Waals surface area contributed by atoms with Crippen LogP contribution < -0.4 is 4.90 Å². The van der Waals surface area contributed by atoms with E-state index in [1.807, 2.05) is 30.3 Å². The van der Waals surface area contributed by atoms with Crippen molar-refractivity contribution in [2.45, 2.75) is 38.1 Å². The van der Waals surface area contributed by atoms with E-state index in [9.17, 15) is 22.8 Å². The summed E-state index contributed by atoms with van der Waals surface area (Å²) >= 11 is 0. The zero-order chi connectivity index (χ0) is 27.7. The summed E-state index contributed by atoms with van der Waals surface area (Å²) in [6.45, 7) is 3.47. The molecule has 0 N–H and O–H groups in total. The van der Waals surface area contributed by atoms with E-state index in [0.717, 1.165) is 17.4 Å². The summed E-state index contributed by atoms with van der Waals surface area (Å²) in [7, 11) is -3.41. The predicted molar refractivity (Wildman–Crippen MR) is 141 cm³/mol. The molecule has 200 valence electrons. The van der Waals surface area contributed by atoms with E-state index >= 15 is 0 Å². The van der Waals surface area contributed by atoms with Crippen LogP contribution in [0.15, 0.2) is 71.8 Å². The fourth-order valence-corrected chi connectivity index (χ4v) is 4.38. The van der Waals surface area contributed by atoms with Crippen molar-refractivity contribution < 1.29 is 32.3 Å². The van der Waals surface area contributed by atoms with Gasteiger partial charge in [-0.05, 0) is 55.2 Å². The van der Waals surface area contributed by atoms with Crippen molar-refractivity contribution in [1.82, 2.24) is 4.98 Å². The van der Waals surface area contributed by atoms with E-state index in [1.165, 1.54) is 17.0 Å². The molecule has 1 aromatic heterocycles. The highest BCUT2D eigenvalue weighted by molar-refractivity contribution is 7.90. The molecule has 10 heteroatoms. The highest BCUT2D eigenvalue weighted by Gasteiger charge is 2.27. The van der Waals surface area contributed by atoms with Crippen LogP contribution in [-0.2, 0) is 41.9 Å². The van der Waals surface area contributed by atoms with Gasteiger partial charge in [0.1, 0.15) is 6.42 Å². The minimum Gasteiger partial charge on any atom is -0.466 e. The Kier molecular flexibility index (Phi) is 9.72. The molecule has 38 heavy (non-hydrogen) atoms. The summed E-state index contributed by atoms with van der Waals surface area (Å²) in [6.07, 6.45) is 2.59. The van der Waals surface area contributed by atoms with E-state index in [1.54, 1.807) is 38.2 Å². The SMILES string of the molecule is CCOC(=O)CC(=O)N(Cc1ccc(S(C)(=O)=O)cc1)c1cc(Cc2ccccc2)cnc1C(=O)OCC. The van der Waals surface area contributed by atoms with Crippen molar-refractivity contribution in [3.63, 3.8) is 0 Å². The van der Waals surface area contributed by atoms with E-state index in [2.05, 4.69) is 4.98 Å². The molecule has 1 amide bonds. The lowest BCUT2D eigenvalue weighted by Gasteiger charge is -2.25. The fraction of sp³-hybridized carbons (Fsp3) is 0.286. The van der Waals surface area contributed by atoms with Gasteiger partial charge in [-0.3, -0.25) is 9.59 Å². The van der Waals surface area contributed by atoms with Gasteiger partial charge in [-0.2, -0.15) is 0 Å². The Balaban J connectivity index is 2.08. The molecule has 0 radical (unpaired) electrons. The van der Waals surface area contributed by atoms with Gasteiger partial charge in [0, 0.05) is 12.5 Å². The van der Waals surface area contributed by atoms with Crippen LogP contribution in [0, 0.1) is 0 Å². The number of amides is 1. The van der Waals surface area contributed by atoms with E-state index < -0.39 is 34.1 Å². The Morgan fingerprint density at radius 3 is 2.13 bits per heavy atom. The Bertz CT molecular complexity index is 1390. The van der Waals surface area contributed by atoms with Gasteiger partial charge in [-0.15, -0.1) is 0 Å². The summed E-state index contributed by atoms with van der Waals surface area (Å²) in [5.74, 6) is -2.03. The Labute approximate surface area is 222 Å². The lowest BCUT2D eigenvalue weighted by Crippen LogP contribution is -2.34. The molecule has 2 aromatic carbocycles. The molecule has 0 saturated carbocycles. The van der Waals surface area contributed by atoms with Gasteiger partial charge in [-0.1, -0.05) is 42.5 Å². The largest absolute Gasteiger partial charge is 0.466 e. The van der Waals surface area contributed by atoms with Crippen LogP contribution in [0.1, 0.15) is 47.4 Å². The first-order valence-electron chi connectivity index (χ1n) is 12.1. The van der Waals surface area contributed by atoms with E-state index in [-0.39, 0.29) is 36.0 Å². The average Bonchev–Trinajstić information content (AvgIpc) is 2.88. The van der Waals surface area contributed by atoms with E-state index in [4.69, 9.17) is 9.47 Å². The molecule has 0 bridgehead atoms. The number of aromatic nitrogens is 1. The summed E-state index contributed by atoms with van der Waals surface area (Å²) in [6, 6.07) is 17.3. The van der Waals surface area contributed by atoms with Gasteiger partial charge in [-0.25, -0.2) is 18.2 Å². The Morgan fingerprint density at radius 1 is 0.868 bits per heavy atom. The monoisotopic (exact) mass is 538 g/mol. The number of sulfone groups is 1. The van der Waals surface area contributed by atoms with Crippen LogP contribution in [0.4, 0.5) is 5.69 Å². The number of rotatable bonds is 11. The maximum absolute atomic E-state index is 13.4. The number of hydrogen-bond donors (Lipinski definition) is 0. The topological polar surface area (TPSA) is 120 Å². The number of carbonyl (C=O) groups excluding carboxylic acids is 3. The number of carbonyl (C=O) groups is 3. The molecular formula is C28H30N2O7S. The molecular weight excluding hydrogens is 508 g/mol. The van der Waals surface area contributed by atoms with Crippen LogP contribution in [0.2, 0.25) is 0 Å². The van der Waals surface area contributed by atoms with Gasteiger partial charge in [0.05, 0.1) is 30.3 Å². The fourth-order valence-electron chi connectivity index (χ4n) is 3.75. The first-order chi connectivity index (χ1) is 18.1. The molecule has 9 nitrogen and oxygen atoms in total. The standard InChI is InChI=1S/C28H30N2O7S/c1-4-36-26(32)17-25(31)30(19-21-11-13-23(14-12-21)38(3,34)35)24-16-22(15-20-9-7-6-8-10-20)18-29-27(24)28(33)37-5-2/h6-14,16,18H,4-5,15,17,19H2,1-3H3. The summed E-state index contributed by atoms with van der Waals surface area (Å²) in [4.78, 5) is 44.2. The van der Waals surface area contributed by atoms with Crippen LogP contribution in [0.5, 0.6) is 0 Å². The van der Waals surface area contributed by atoms with Gasteiger partial charge < -0.3 is 14.4 Å². The minimum atomic E-state index is -3.41. The number of ether oxygens (including phenoxy) is 2. The zero-order valence-electron chi connectivity index (χ0n) is 21.5. The predicted octanol–water partition coefficient (Wildman–Crippen LogP) is 3.74. The number of benzene rings is 2. The lowest BCUT2D eigenvalue weighted by atomic mass is 10.0. The van der Waals surface area contributed by atoms with Crippen LogP contribution in [-0.4, -0.2) is 50.7 Å². The van der Waals surface area contributed by atoms with Crippen molar-refractivity contribution in [3.8, 4) is 0 Å². The number of anilines is 1. The van der Waals surface area contributed by atoms with Crippen LogP contribution >= 0.6 is 0 Å². The molecule has 0 spiro atoms. The van der Waals surface area contributed by atoms with Crippen molar-refractivity contribution in [2.24, 2.45) is 0 Å². The first-order valence-corrected chi connectivity index (χ1v) is 14.0. The van der Waals surface area contributed by atoms with Crippen LogP contribution in [0.25, 0.3) is 0 Å². The molecule has 3 rings (SSSR count). The average molecular weight is 539 g/mol. The normalized spacial score (nSPS) is 11.0. The van der Waals surface area contributed by atoms with Crippen molar-refractivity contribution >= 4 is 33.4 Å². The maximum Gasteiger partial charge on any atom is 0.359 e. The molecule has 1 heterocycles. The number of esters is 2. The molecule has 0 aliphatic carbocycles. The third kappa shape index (κ3) is 7.72. The number of pyridine rings is 1. The quantitative estimate of drug-likeness (QED) is 0.268. The lowest BCUT2D eigenvalue weighted by molar-refractivity contribution is -0.145. The maximum atomic E-state index is 13.4. The van der Waals surface area contributed by atoms with Crippen molar-refractivity contribution in [2.75, 3.05) is 24.4 Å². The second-order valence-corrected chi connectivity index (χ2v) is 10.5. The molecule has 0 atom stereocenters. The molecule has 0 aliphatic heterocycles. The molecule has 0 saturated heterocycles. The summed E-state index contributed by atoms with van der Waals surface area (Å²) in [5.41, 5.74) is 2.43. The highest BCUT2D eigenvalue weighted by Crippen LogP contribution is 2.26. The van der Waals surface area contributed by atoms with Gasteiger partial charge >= 0.3 is 11.9 Å². The Morgan fingerprint density at radius 2 is 1.53 bits per heavy atom. The molecule has 0 aliphatic rings.